The molecule has 0 saturated carbocycles. The summed E-state index contributed by atoms with van der Waals surface area (Å²) < 4.78 is 1.59. The fourth-order valence-corrected chi connectivity index (χ4v) is 3.84. The van der Waals surface area contributed by atoms with E-state index >= 15 is 0 Å². The van der Waals surface area contributed by atoms with E-state index in [2.05, 4.69) is 16.2 Å². The third kappa shape index (κ3) is 4.42. The van der Waals surface area contributed by atoms with E-state index in [1.165, 1.54) is 0 Å². The van der Waals surface area contributed by atoms with E-state index in [-0.39, 0.29) is 18.1 Å². The molecule has 4 rings (SSSR count). The van der Waals surface area contributed by atoms with Crippen LogP contribution in [0.25, 0.3) is 33.6 Å². The highest BCUT2D eigenvalue weighted by Gasteiger charge is 2.16. The van der Waals surface area contributed by atoms with Crippen LogP contribution in [-0.4, -0.2) is 25.7 Å². The van der Waals surface area contributed by atoms with Gasteiger partial charge in [0.2, 0.25) is 0 Å². The number of benzene rings is 2. The topological polar surface area (TPSA) is 91.8 Å². The van der Waals surface area contributed by atoms with Gasteiger partial charge >= 0.3 is 0 Å². The number of phenolic OH excluding ortho intramolecular Hbond substituents is 1. The van der Waals surface area contributed by atoms with E-state index in [9.17, 15) is 9.90 Å². The van der Waals surface area contributed by atoms with Crippen molar-refractivity contribution in [1.82, 2.24) is 14.8 Å². The number of Topliss-reactive ketones (excluding diaryl/α,β-unsaturated/α-hetero) is 1. The van der Waals surface area contributed by atoms with Crippen molar-refractivity contribution < 1.29 is 9.90 Å². The predicted molar refractivity (Wildman–Crippen MR) is 123 cm³/mol. The number of hydrogen-bond acceptors (Lipinski definition) is 5. The fraction of sp³-hybridized carbons (Fsp3) is 0.154. The van der Waals surface area contributed by atoms with Gasteiger partial charge < -0.3 is 5.11 Å². The van der Waals surface area contributed by atoms with Crippen molar-refractivity contribution in [3.8, 4) is 45.5 Å². The van der Waals surface area contributed by atoms with Crippen LogP contribution >= 0.6 is 0 Å². The van der Waals surface area contributed by atoms with Gasteiger partial charge in [0.05, 0.1) is 11.8 Å². The van der Waals surface area contributed by atoms with Gasteiger partial charge in [0, 0.05) is 35.5 Å². The molecule has 0 aliphatic heterocycles. The Labute approximate surface area is 186 Å². The molecule has 0 saturated heterocycles. The Morgan fingerprint density at radius 2 is 1.91 bits per heavy atom. The molecule has 0 aliphatic carbocycles. The zero-order valence-electron chi connectivity index (χ0n) is 17.9. The van der Waals surface area contributed by atoms with Gasteiger partial charge in [0.1, 0.15) is 23.8 Å². The molecule has 0 radical (unpaired) electrons. The molecule has 0 atom stereocenters. The number of hydrogen-bond donors (Lipinski definition) is 1. The molecule has 0 spiro atoms. The second kappa shape index (κ2) is 8.86. The van der Waals surface area contributed by atoms with Crippen molar-refractivity contribution in [3.63, 3.8) is 0 Å². The molecular weight excluding hydrogens is 400 g/mol. The van der Waals surface area contributed by atoms with Crippen molar-refractivity contribution in [2.24, 2.45) is 0 Å². The van der Waals surface area contributed by atoms with Crippen molar-refractivity contribution >= 4 is 5.78 Å². The number of ketones is 1. The van der Waals surface area contributed by atoms with E-state index in [1.54, 1.807) is 29.9 Å². The highest BCUT2D eigenvalue weighted by Crippen LogP contribution is 2.35. The second-order valence-corrected chi connectivity index (χ2v) is 7.77. The molecule has 6 heteroatoms. The first-order chi connectivity index (χ1) is 15.4. The van der Waals surface area contributed by atoms with Crippen molar-refractivity contribution in [2.45, 2.75) is 26.8 Å². The summed E-state index contributed by atoms with van der Waals surface area (Å²) in [6, 6.07) is 19.0. The van der Waals surface area contributed by atoms with Gasteiger partial charge in [0.15, 0.2) is 0 Å². The van der Waals surface area contributed by atoms with Crippen LogP contribution in [0, 0.1) is 18.3 Å². The van der Waals surface area contributed by atoms with Gasteiger partial charge in [-0.3, -0.25) is 14.5 Å². The molecular formula is C26H22N4O2. The summed E-state index contributed by atoms with van der Waals surface area (Å²) in [5.74, 6) is 0.252. The monoisotopic (exact) mass is 422 g/mol. The lowest BCUT2D eigenvalue weighted by Crippen LogP contribution is -1.99. The molecule has 2 heterocycles. The third-order valence-corrected chi connectivity index (χ3v) is 5.13. The molecule has 0 amide bonds. The standard InChI is InChI=1S/C26H22N4O2/c1-17-11-21(14-22(32)12-17)26-24(16-30(29-26)10-8-27)20-7-9-28-25(15-20)23-6-4-3-5-19(23)13-18(2)31/h3-7,9,11-12,14-16,32H,10,13H2,1-2H3. The zero-order chi connectivity index (χ0) is 22.7. The maximum atomic E-state index is 11.7. The molecule has 0 fully saturated rings. The first kappa shape index (κ1) is 21.0. The van der Waals surface area contributed by atoms with Crippen molar-refractivity contribution in [3.05, 3.63) is 78.1 Å². The number of pyridine rings is 1. The average Bonchev–Trinajstić information content (AvgIpc) is 3.17. The minimum absolute atomic E-state index is 0.0907. The Morgan fingerprint density at radius 3 is 2.66 bits per heavy atom. The van der Waals surface area contributed by atoms with E-state index in [4.69, 9.17) is 5.26 Å². The first-order valence-electron chi connectivity index (χ1n) is 10.2. The summed E-state index contributed by atoms with van der Waals surface area (Å²) in [7, 11) is 0. The summed E-state index contributed by atoms with van der Waals surface area (Å²) >= 11 is 0. The summed E-state index contributed by atoms with van der Waals surface area (Å²) in [6.45, 7) is 3.60. The molecule has 1 N–H and O–H groups in total. The molecule has 158 valence electrons. The van der Waals surface area contributed by atoms with Crippen LogP contribution in [-0.2, 0) is 17.8 Å². The highest BCUT2D eigenvalue weighted by molar-refractivity contribution is 5.84. The van der Waals surface area contributed by atoms with Gasteiger partial charge in [-0.05, 0) is 60.9 Å². The van der Waals surface area contributed by atoms with Crippen LogP contribution < -0.4 is 0 Å². The lowest BCUT2D eigenvalue weighted by Gasteiger charge is -2.10. The van der Waals surface area contributed by atoms with Gasteiger partial charge in [-0.2, -0.15) is 10.4 Å². The van der Waals surface area contributed by atoms with Crippen molar-refractivity contribution in [2.75, 3.05) is 0 Å². The number of nitriles is 1. The van der Waals surface area contributed by atoms with Gasteiger partial charge in [-0.1, -0.05) is 24.3 Å². The second-order valence-electron chi connectivity index (χ2n) is 7.77. The average molecular weight is 422 g/mol. The molecule has 4 aromatic rings. The summed E-state index contributed by atoms with van der Waals surface area (Å²) in [4.78, 5) is 16.3. The number of aromatic nitrogens is 3. The molecule has 0 bridgehead atoms. The third-order valence-electron chi connectivity index (χ3n) is 5.13. The van der Waals surface area contributed by atoms with E-state index in [0.29, 0.717) is 12.1 Å². The number of phenols is 1. The maximum Gasteiger partial charge on any atom is 0.134 e. The smallest absolute Gasteiger partial charge is 0.134 e. The lowest BCUT2D eigenvalue weighted by molar-refractivity contribution is -0.116. The first-order valence-corrected chi connectivity index (χ1v) is 10.2. The quantitative estimate of drug-likeness (QED) is 0.475. The predicted octanol–water partition coefficient (Wildman–Crippen LogP) is 4.95. The molecule has 6 nitrogen and oxygen atoms in total. The van der Waals surface area contributed by atoms with Crippen LogP contribution in [0.3, 0.4) is 0 Å². The number of rotatable bonds is 6. The minimum atomic E-state index is 0.0907. The van der Waals surface area contributed by atoms with Crippen LogP contribution in [0.15, 0.2) is 67.0 Å². The summed E-state index contributed by atoms with van der Waals surface area (Å²) in [5, 5.41) is 23.9. The van der Waals surface area contributed by atoms with E-state index < -0.39 is 0 Å². The normalized spacial score (nSPS) is 10.7. The van der Waals surface area contributed by atoms with Crippen LogP contribution in [0.4, 0.5) is 0 Å². The lowest BCUT2D eigenvalue weighted by atomic mass is 9.96. The van der Waals surface area contributed by atoms with E-state index in [0.717, 1.165) is 39.1 Å². The maximum absolute atomic E-state index is 11.7. The number of aryl methyl sites for hydroxylation is 1. The van der Waals surface area contributed by atoms with Gasteiger partial charge in [0.25, 0.3) is 0 Å². The van der Waals surface area contributed by atoms with Gasteiger partial charge in [-0.15, -0.1) is 0 Å². The van der Waals surface area contributed by atoms with E-state index in [1.807, 2.05) is 55.6 Å². The Balaban J connectivity index is 1.85. The number of aromatic hydroxyl groups is 1. The number of carbonyl (C=O) groups is 1. The molecule has 0 unspecified atom stereocenters. The molecule has 2 aromatic carbocycles. The Morgan fingerprint density at radius 1 is 1.09 bits per heavy atom. The SMILES string of the molecule is CC(=O)Cc1ccccc1-c1cc(-c2cn(CC#N)nc2-c2cc(C)cc(O)c2)ccn1. The van der Waals surface area contributed by atoms with Crippen molar-refractivity contribution in [1.29, 1.82) is 5.26 Å². The number of nitrogens with zero attached hydrogens (tertiary/aromatic N) is 4. The Hall–Kier alpha value is -4.24. The Bertz CT molecular complexity index is 1330. The zero-order valence-corrected chi connectivity index (χ0v) is 17.9. The fourth-order valence-electron chi connectivity index (χ4n) is 3.84. The summed E-state index contributed by atoms with van der Waals surface area (Å²) in [5.41, 5.74) is 6.65. The Kier molecular flexibility index (Phi) is 5.82. The van der Waals surface area contributed by atoms with Crippen LogP contribution in [0.1, 0.15) is 18.1 Å². The largest absolute Gasteiger partial charge is 0.508 e. The highest BCUT2D eigenvalue weighted by atomic mass is 16.3. The molecule has 32 heavy (non-hydrogen) atoms. The molecule has 2 aromatic heterocycles. The van der Waals surface area contributed by atoms with Crippen LogP contribution in [0.5, 0.6) is 5.75 Å². The minimum Gasteiger partial charge on any atom is -0.508 e. The summed E-state index contributed by atoms with van der Waals surface area (Å²) in [6.07, 6.45) is 3.91. The van der Waals surface area contributed by atoms with Crippen LogP contribution in [0.2, 0.25) is 0 Å². The number of carbonyl (C=O) groups excluding carboxylic acids is 1. The molecule has 0 aliphatic rings. The van der Waals surface area contributed by atoms with Gasteiger partial charge in [-0.25, -0.2) is 0 Å².